The molecule has 5 heteroatoms. The number of benzene rings is 1. The van der Waals surface area contributed by atoms with E-state index in [2.05, 4.69) is 13.0 Å². The van der Waals surface area contributed by atoms with Gasteiger partial charge in [0, 0.05) is 18.2 Å². The summed E-state index contributed by atoms with van der Waals surface area (Å²) in [5, 5.41) is 0. The van der Waals surface area contributed by atoms with Crippen LogP contribution in [0.15, 0.2) is 18.2 Å². The van der Waals surface area contributed by atoms with E-state index in [9.17, 15) is 13.2 Å². The SMILES string of the molecule is CCCCN(C(=O)c1ccc2c(c1)CCCC2)C1CCS(=O)(=O)C1. The summed E-state index contributed by atoms with van der Waals surface area (Å²) in [4.78, 5) is 14.9. The first-order valence-electron chi connectivity index (χ1n) is 9.13. The van der Waals surface area contributed by atoms with Gasteiger partial charge in [0.15, 0.2) is 9.84 Å². The van der Waals surface area contributed by atoms with Gasteiger partial charge in [0.05, 0.1) is 11.5 Å². The molecule has 0 bridgehead atoms. The van der Waals surface area contributed by atoms with Gasteiger partial charge in [-0.1, -0.05) is 19.4 Å². The van der Waals surface area contributed by atoms with Crippen molar-refractivity contribution in [1.29, 1.82) is 0 Å². The summed E-state index contributed by atoms with van der Waals surface area (Å²) in [5.74, 6) is 0.324. The van der Waals surface area contributed by atoms with E-state index in [1.807, 2.05) is 17.0 Å². The highest BCUT2D eigenvalue weighted by molar-refractivity contribution is 7.91. The van der Waals surface area contributed by atoms with Gasteiger partial charge >= 0.3 is 0 Å². The van der Waals surface area contributed by atoms with Crippen molar-refractivity contribution < 1.29 is 13.2 Å². The van der Waals surface area contributed by atoms with E-state index in [0.717, 1.165) is 31.2 Å². The normalized spacial score (nSPS) is 22.1. The minimum atomic E-state index is -2.99. The van der Waals surface area contributed by atoms with Crippen LogP contribution >= 0.6 is 0 Å². The van der Waals surface area contributed by atoms with Gasteiger partial charge in [-0.15, -0.1) is 0 Å². The third kappa shape index (κ3) is 3.82. The number of nitrogens with zero attached hydrogens (tertiary/aromatic N) is 1. The summed E-state index contributed by atoms with van der Waals surface area (Å²) < 4.78 is 23.7. The Morgan fingerprint density at radius 2 is 1.96 bits per heavy atom. The first-order chi connectivity index (χ1) is 11.5. The topological polar surface area (TPSA) is 54.5 Å². The Hall–Kier alpha value is -1.36. The number of unbranched alkanes of at least 4 members (excludes halogenated alkanes) is 1. The predicted molar refractivity (Wildman–Crippen MR) is 96.1 cm³/mol. The van der Waals surface area contributed by atoms with Crippen LogP contribution in [0.4, 0.5) is 0 Å². The van der Waals surface area contributed by atoms with E-state index in [1.165, 1.54) is 24.0 Å². The molecule has 1 aliphatic carbocycles. The lowest BCUT2D eigenvalue weighted by Crippen LogP contribution is -2.41. The summed E-state index contributed by atoms with van der Waals surface area (Å²) in [5.41, 5.74) is 3.37. The molecule has 1 heterocycles. The van der Waals surface area contributed by atoms with Gasteiger partial charge in [-0.25, -0.2) is 8.42 Å². The molecular weight excluding hydrogens is 322 g/mol. The van der Waals surface area contributed by atoms with Crippen LogP contribution in [0.1, 0.15) is 60.5 Å². The highest BCUT2D eigenvalue weighted by Crippen LogP contribution is 2.25. The van der Waals surface area contributed by atoms with Crippen molar-refractivity contribution in [3.63, 3.8) is 0 Å². The fourth-order valence-electron chi connectivity index (χ4n) is 3.83. The van der Waals surface area contributed by atoms with Gasteiger partial charge in [0.2, 0.25) is 0 Å². The van der Waals surface area contributed by atoms with Crippen molar-refractivity contribution in [2.45, 2.75) is 57.9 Å². The van der Waals surface area contributed by atoms with E-state index in [1.54, 1.807) is 0 Å². The molecule has 1 amide bonds. The van der Waals surface area contributed by atoms with Crippen molar-refractivity contribution in [3.8, 4) is 0 Å². The summed E-state index contributed by atoms with van der Waals surface area (Å²) in [6, 6.07) is 5.89. The average Bonchev–Trinajstić information content (AvgIpc) is 2.94. The van der Waals surface area contributed by atoms with Crippen LogP contribution in [0.3, 0.4) is 0 Å². The number of carbonyl (C=O) groups excluding carboxylic acids is 1. The summed E-state index contributed by atoms with van der Waals surface area (Å²) in [7, 11) is -2.99. The summed E-state index contributed by atoms with van der Waals surface area (Å²) in [6.45, 7) is 2.74. The summed E-state index contributed by atoms with van der Waals surface area (Å²) >= 11 is 0. The number of hydrogen-bond acceptors (Lipinski definition) is 3. The standard InChI is InChI=1S/C19H27NO3S/c1-2-3-11-20(18-10-12-24(22,23)14-18)19(21)17-9-8-15-6-4-5-7-16(15)13-17/h8-9,13,18H,2-7,10-12,14H2,1H3. The Bertz CT molecular complexity index is 711. The largest absolute Gasteiger partial charge is 0.335 e. The molecule has 0 radical (unpaired) electrons. The van der Waals surface area contributed by atoms with E-state index in [0.29, 0.717) is 13.0 Å². The molecule has 1 unspecified atom stereocenters. The van der Waals surface area contributed by atoms with Gasteiger partial charge < -0.3 is 4.90 Å². The fraction of sp³-hybridized carbons (Fsp3) is 0.632. The zero-order valence-corrected chi connectivity index (χ0v) is 15.3. The van der Waals surface area contributed by atoms with Crippen LogP contribution in [0.25, 0.3) is 0 Å². The van der Waals surface area contributed by atoms with E-state index in [-0.39, 0.29) is 23.5 Å². The van der Waals surface area contributed by atoms with Crippen LogP contribution < -0.4 is 0 Å². The number of fused-ring (bicyclic) bond motifs is 1. The average molecular weight is 349 g/mol. The van der Waals surface area contributed by atoms with E-state index in [4.69, 9.17) is 0 Å². The van der Waals surface area contributed by atoms with Crippen LogP contribution in [0.5, 0.6) is 0 Å². The molecule has 0 spiro atoms. The molecule has 0 N–H and O–H groups in total. The van der Waals surface area contributed by atoms with Gasteiger partial charge in [0.25, 0.3) is 5.91 Å². The Morgan fingerprint density at radius 3 is 2.62 bits per heavy atom. The van der Waals surface area contributed by atoms with Crippen LogP contribution in [0.2, 0.25) is 0 Å². The van der Waals surface area contributed by atoms with Crippen molar-refractivity contribution in [2.75, 3.05) is 18.1 Å². The number of sulfone groups is 1. The Labute approximate surface area is 145 Å². The highest BCUT2D eigenvalue weighted by Gasteiger charge is 2.34. The third-order valence-corrected chi connectivity index (χ3v) is 7.01. The second-order valence-electron chi connectivity index (χ2n) is 7.10. The van der Waals surface area contributed by atoms with Gasteiger partial charge in [-0.2, -0.15) is 0 Å². The predicted octanol–water partition coefficient (Wildman–Crippen LogP) is 2.99. The molecule has 4 nitrogen and oxygen atoms in total. The first-order valence-corrected chi connectivity index (χ1v) is 11.0. The molecule has 0 saturated carbocycles. The number of aryl methyl sites for hydroxylation is 2. The number of amides is 1. The second-order valence-corrected chi connectivity index (χ2v) is 9.33. The lowest BCUT2D eigenvalue weighted by Gasteiger charge is -2.29. The molecule has 1 aromatic rings. The number of rotatable bonds is 5. The molecule has 1 aromatic carbocycles. The molecule has 24 heavy (non-hydrogen) atoms. The zero-order chi connectivity index (χ0) is 17.2. The van der Waals surface area contributed by atoms with Crippen LogP contribution in [-0.4, -0.2) is 43.3 Å². The quantitative estimate of drug-likeness (QED) is 0.821. The lowest BCUT2D eigenvalue weighted by molar-refractivity contribution is 0.0694. The molecule has 0 aromatic heterocycles. The monoisotopic (exact) mass is 349 g/mol. The number of carbonyl (C=O) groups is 1. The summed E-state index contributed by atoms with van der Waals surface area (Å²) in [6.07, 6.45) is 7.03. The molecule has 2 aliphatic rings. The Morgan fingerprint density at radius 1 is 1.21 bits per heavy atom. The molecule has 1 aliphatic heterocycles. The van der Waals surface area contributed by atoms with Gasteiger partial charge in [0.1, 0.15) is 0 Å². The van der Waals surface area contributed by atoms with Gasteiger partial charge in [-0.05, 0) is 61.8 Å². The van der Waals surface area contributed by atoms with Crippen LogP contribution in [-0.2, 0) is 22.7 Å². The number of hydrogen-bond donors (Lipinski definition) is 0. The van der Waals surface area contributed by atoms with E-state index < -0.39 is 9.84 Å². The highest BCUT2D eigenvalue weighted by atomic mass is 32.2. The second kappa shape index (κ2) is 7.26. The lowest BCUT2D eigenvalue weighted by atomic mass is 9.90. The minimum absolute atomic E-state index is 0.000997. The van der Waals surface area contributed by atoms with Gasteiger partial charge in [-0.3, -0.25) is 4.79 Å². The maximum Gasteiger partial charge on any atom is 0.254 e. The van der Waals surface area contributed by atoms with E-state index >= 15 is 0 Å². The molecule has 3 rings (SSSR count). The fourth-order valence-corrected chi connectivity index (χ4v) is 5.56. The molecule has 1 fully saturated rings. The molecular formula is C19H27NO3S. The minimum Gasteiger partial charge on any atom is -0.335 e. The maximum atomic E-state index is 13.1. The van der Waals surface area contributed by atoms with Crippen molar-refractivity contribution in [1.82, 2.24) is 4.90 Å². The smallest absolute Gasteiger partial charge is 0.254 e. The third-order valence-electron chi connectivity index (χ3n) is 5.26. The molecule has 1 atom stereocenters. The molecule has 1 saturated heterocycles. The Kier molecular flexibility index (Phi) is 5.28. The first kappa shape index (κ1) is 17.5. The van der Waals surface area contributed by atoms with Crippen molar-refractivity contribution >= 4 is 15.7 Å². The van der Waals surface area contributed by atoms with Crippen LogP contribution in [0, 0.1) is 0 Å². The maximum absolute atomic E-state index is 13.1. The van der Waals surface area contributed by atoms with Crippen molar-refractivity contribution in [3.05, 3.63) is 34.9 Å². The zero-order valence-electron chi connectivity index (χ0n) is 14.5. The Balaban J connectivity index is 1.83. The van der Waals surface area contributed by atoms with Crippen molar-refractivity contribution in [2.24, 2.45) is 0 Å². The molecule has 132 valence electrons.